The van der Waals surface area contributed by atoms with Gasteiger partial charge in [0.2, 0.25) is 17.6 Å². The summed E-state index contributed by atoms with van der Waals surface area (Å²) in [7, 11) is 0. The molecule has 23 heavy (non-hydrogen) atoms. The zero-order valence-electron chi connectivity index (χ0n) is 13.7. The van der Waals surface area contributed by atoms with Gasteiger partial charge in [-0.1, -0.05) is 25.1 Å². The summed E-state index contributed by atoms with van der Waals surface area (Å²) in [4.78, 5) is 17.2. The van der Waals surface area contributed by atoms with Crippen LogP contribution in [0.2, 0.25) is 0 Å². The van der Waals surface area contributed by atoms with Crippen LogP contribution in [0.25, 0.3) is 10.7 Å². The highest BCUT2D eigenvalue weighted by Crippen LogP contribution is 2.22. The van der Waals surface area contributed by atoms with Gasteiger partial charge in [0.05, 0.1) is 11.0 Å². The van der Waals surface area contributed by atoms with E-state index in [0.29, 0.717) is 37.5 Å². The molecule has 2 rings (SSSR count). The van der Waals surface area contributed by atoms with Crippen LogP contribution in [0.1, 0.15) is 39.5 Å². The van der Waals surface area contributed by atoms with Crippen LogP contribution < -0.4 is 5.32 Å². The molecule has 0 saturated heterocycles. The monoisotopic (exact) mass is 337 g/mol. The number of amides is 1. The number of aliphatic hydroxyl groups is 1. The van der Waals surface area contributed by atoms with Crippen molar-refractivity contribution in [2.45, 2.75) is 46.1 Å². The number of aromatic nitrogens is 2. The van der Waals surface area contributed by atoms with Crippen molar-refractivity contribution in [2.24, 2.45) is 5.41 Å². The minimum atomic E-state index is -0.379. The van der Waals surface area contributed by atoms with Crippen molar-refractivity contribution in [3.63, 3.8) is 0 Å². The molecule has 0 fully saturated rings. The van der Waals surface area contributed by atoms with Crippen molar-refractivity contribution in [1.29, 1.82) is 0 Å². The molecule has 0 aliphatic carbocycles. The summed E-state index contributed by atoms with van der Waals surface area (Å²) in [6, 6.07) is 3.86. The number of aliphatic hydroxyl groups excluding tert-OH is 1. The van der Waals surface area contributed by atoms with E-state index in [1.807, 2.05) is 31.4 Å². The first kappa shape index (κ1) is 17.6. The third kappa shape index (κ3) is 5.76. The molecular weight excluding hydrogens is 314 g/mol. The minimum absolute atomic E-state index is 0.0560. The largest absolute Gasteiger partial charge is 0.393 e. The van der Waals surface area contributed by atoms with E-state index in [-0.39, 0.29) is 17.4 Å². The third-order valence-electron chi connectivity index (χ3n) is 3.39. The Hall–Kier alpha value is -1.73. The fraction of sp³-hybridized carbons (Fsp3) is 0.562. The average molecular weight is 337 g/mol. The molecule has 0 aliphatic heterocycles. The fourth-order valence-corrected chi connectivity index (χ4v) is 3.03. The van der Waals surface area contributed by atoms with Gasteiger partial charge in [0, 0.05) is 19.4 Å². The number of hydrogen-bond acceptors (Lipinski definition) is 6. The topological polar surface area (TPSA) is 88.2 Å². The quantitative estimate of drug-likeness (QED) is 0.773. The Labute approximate surface area is 139 Å². The molecule has 1 amide bonds. The Balaban J connectivity index is 1.76. The zero-order valence-corrected chi connectivity index (χ0v) is 14.5. The maximum atomic E-state index is 11.9. The number of carbonyl (C=O) groups excluding carboxylic acids is 1. The van der Waals surface area contributed by atoms with E-state index in [0.717, 1.165) is 4.88 Å². The van der Waals surface area contributed by atoms with Gasteiger partial charge in [0.15, 0.2) is 0 Å². The van der Waals surface area contributed by atoms with Gasteiger partial charge in [-0.05, 0) is 30.2 Å². The van der Waals surface area contributed by atoms with E-state index in [1.54, 1.807) is 18.3 Å². The van der Waals surface area contributed by atoms with Gasteiger partial charge in [0.1, 0.15) is 0 Å². The van der Waals surface area contributed by atoms with E-state index in [2.05, 4.69) is 15.5 Å². The number of nitrogens with one attached hydrogen (secondary N) is 1. The van der Waals surface area contributed by atoms with Crippen molar-refractivity contribution in [1.82, 2.24) is 15.5 Å². The highest BCUT2D eigenvalue weighted by molar-refractivity contribution is 7.13. The van der Waals surface area contributed by atoms with Crippen LogP contribution in [-0.2, 0) is 11.2 Å². The lowest BCUT2D eigenvalue weighted by Gasteiger charge is -2.26. The van der Waals surface area contributed by atoms with Gasteiger partial charge in [-0.25, -0.2) is 0 Å². The van der Waals surface area contributed by atoms with E-state index in [9.17, 15) is 9.90 Å². The Bertz CT molecular complexity index is 620. The summed E-state index contributed by atoms with van der Waals surface area (Å²) in [6.07, 6.45) is 0.981. The first-order valence-corrected chi connectivity index (χ1v) is 8.55. The summed E-state index contributed by atoms with van der Waals surface area (Å²) in [5.41, 5.74) is -0.138. The third-order valence-corrected chi connectivity index (χ3v) is 4.25. The molecule has 126 valence electrons. The highest BCUT2D eigenvalue weighted by atomic mass is 32.1. The number of rotatable bonds is 8. The molecule has 0 bridgehead atoms. The fourth-order valence-electron chi connectivity index (χ4n) is 2.38. The lowest BCUT2D eigenvalue weighted by Crippen LogP contribution is -2.35. The van der Waals surface area contributed by atoms with Gasteiger partial charge < -0.3 is 14.9 Å². The summed E-state index contributed by atoms with van der Waals surface area (Å²) in [6.45, 7) is 6.32. The van der Waals surface area contributed by atoms with Gasteiger partial charge in [0.25, 0.3) is 0 Å². The molecule has 0 saturated carbocycles. The molecular formula is C16H23N3O3S. The minimum Gasteiger partial charge on any atom is -0.393 e. The van der Waals surface area contributed by atoms with Gasteiger partial charge in [-0.2, -0.15) is 4.98 Å². The van der Waals surface area contributed by atoms with Gasteiger partial charge >= 0.3 is 0 Å². The zero-order chi connectivity index (χ0) is 16.9. The molecule has 0 aromatic carbocycles. The molecule has 2 aromatic rings. The molecule has 1 unspecified atom stereocenters. The van der Waals surface area contributed by atoms with Crippen LogP contribution in [0.4, 0.5) is 0 Å². The van der Waals surface area contributed by atoms with Crippen LogP contribution in [-0.4, -0.2) is 33.8 Å². The van der Waals surface area contributed by atoms with E-state index >= 15 is 0 Å². The summed E-state index contributed by atoms with van der Waals surface area (Å²) < 4.78 is 5.17. The Kier molecular flexibility index (Phi) is 5.90. The smallest absolute Gasteiger partial charge is 0.227 e. The summed E-state index contributed by atoms with van der Waals surface area (Å²) >= 11 is 1.54. The number of aryl methyl sites for hydroxylation is 1. The molecule has 7 heteroatoms. The maximum Gasteiger partial charge on any atom is 0.227 e. The summed E-state index contributed by atoms with van der Waals surface area (Å²) in [5.74, 6) is 0.972. The Morgan fingerprint density at radius 2 is 2.30 bits per heavy atom. The second kappa shape index (κ2) is 7.70. The van der Waals surface area contributed by atoms with Crippen LogP contribution in [0.3, 0.4) is 0 Å². The first-order chi connectivity index (χ1) is 10.9. The number of hydrogen-bond donors (Lipinski definition) is 2. The SMILES string of the molecule is CC(O)CC(C)(C)CNC(=O)CCc1nc(-c2cccs2)no1. The van der Waals surface area contributed by atoms with E-state index in [4.69, 9.17) is 4.52 Å². The highest BCUT2D eigenvalue weighted by Gasteiger charge is 2.21. The average Bonchev–Trinajstić information content (AvgIpc) is 3.12. The van der Waals surface area contributed by atoms with Crippen molar-refractivity contribution in [3.05, 3.63) is 23.4 Å². The second-order valence-corrected chi connectivity index (χ2v) is 7.43. The standard InChI is InChI=1S/C16H23N3O3S/c1-11(20)9-16(2,3)10-17-13(21)6-7-14-18-15(19-22-14)12-5-4-8-23-12/h4-5,8,11,20H,6-7,9-10H2,1-3H3,(H,17,21). The number of carbonyl (C=O) groups is 1. The van der Waals surface area contributed by atoms with E-state index in [1.165, 1.54) is 0 Å². The summed E-state index contributed by atoms with van der Waals surface area (Å²) in [5, 5.41) is 18.2. The molecule has 0 radical (unpaired) electrons. The molecule has 6 nitrogen and oxygen atoms in total. The Morgan fingerprint density at radius 3 is 2.96 bits per heavy atom. The van der Waals surface area contributed by atoms with Crippen LogP contribution in [0.15, 0.2) is 22.0 Å². The molecule has 0 spiro atoms. The molecule has 2 N–H and O–H groups in total. The van der Waals surface area contributed by atoms with Crippen molar-refractivity contribution < 1.29 is 14.4 Å². The normalized spacial score (nSPS) is 13.0. The van der Waals surface area contributed by atoms with Crippen molar-refractivity contribution in [3.8, 4) is 10.7 Å². The first-order valence-electron chi connectivity index (χ1n) is 7.67. The van der Waals surface area contributed by atoms with Gasteiger partial charge in [-0.15, -0.1) is 11.3 Å². The lowest BCUT2D eigenvalue weighted by atomic mass is 9.87. The number of nitrogens with zero attached hydrogens (tertiary/aromatic N) is 2. The van der Waals surface area contributed by atoms with Crippen LogP contribution in [0, 0.1) is 5.41 Å². The predicted octanol–water partition coefficient (Wildman–Crippen LogP) is 2.64. The molecule has 0 aliphatic rings. The maximum absolute atomic E-state index is 11.9. The molecule has 2 aromatic heterocycles. The lowest BCUT2D eigenvalue weighted by molar-refractivity contribution is -0.121. The molecule has 2 heterocycles. The van der Waals surface area contributed by atoms with Crippen molar-refractivity contribution in [2.75, 3.05) is 6.54 Å². The van der Waals surface area contributed by atoms with Crippen molar-refractivity contribution >= 4 is 17.2 Å². The second-order valence-electron chi connectivity index (χ2n) is 6.48. The molecule has 1 atom stereocenters. The van der Waals surface area contributed by atoms with E-state index < -0.39 is 0 Å². The predicted molar refractivity (Wildman–Crippen MR) is 89.0 cm³/mol. The van der Waals surface area contributed by atoms with Crippen LogP contribution in [0.5, 0.6) is 0 Å². The number of thiophene rings is 1. The Morgan fingerprint density at radius 1 is 1.52 bits per heavy atom. The van der Waals surface area contributed by atoms with Gasteiger partial charge in [-0.3, -0.25) is 4.79 Å². The van der Waals surface area contributed by atoms with Crippen LogP contribution >= 0.6 is 11.3 Å².